The average Bonchev–Trinajstić information content (AvgIpc) is 2.37. The number of aldehydes is 1. The molecule has 0 radical (unpaired) electrons. The van der Waals surface area contributed by atoms with E-state index in [1.165, 1.54) is 17.6 Å². The highest BCUT2D eigenvalue weighted by molar-refractivity contribution is 7.12. The molecule has 0 aromatic carbocycles. The molecule has 0 saturated heterocycles. The van der Waals surface area contributed by atoms with Gasteiger partial charge in [-0.2, -0.15) is 0 Å². The summed E-state index contributed by atoms with van der Waals surface area (Å²) in [4.78, 5) is 10.1. The molecule has 0 saturated carbocycles. The lowest BCUT2D eigenvalue weighted by Gasteiger charge is -1.88. The van der Waals surface area contributed by atoms with Crippen molar-refractivity contribution in [1.29, 1.82) is 0 Å². The third kappa shape index (κ3) is 1.45. The Kier molecular flexibility index (Phi) is 2.23. The van der Waals surface area contributed by atoms with Crippen LogP contribution >= 0.6 is 11.3 Å². The Bertz CT molecular complexity index is 240. The first-order valence-corrected chi connectivity index (χ1v) is 3.56. The van der Waals surface area contributed by atoms with Crippen molar-refractivity contribution in [2.24, 2.45) is 0 Å². The monoisotopic (exact) mass is 154 g/mol. The molecule has 0 aliphatic rings. The van der Waals surface area contributed by atoms with Crippen molar-refractivity contribution in [1.82, 2.24) is 0 Å². The quantitative estimate of drug-likeness (QED) is 0.492. The van der Waals surface area contributed by atoms with Gasteiger partial charge < -0.3 is 4.74 Å². The van der Waals surface area contributed by atoms with Crippen LogP contribution in [-0.2, 0) is 0 Å². The molecule has 0 bridgehead atoms. The molecule has 1 rings (SSSR count). The molecule has 52 valence electrons. The molecule has 0 fully saturated rings. The van der Waals surface area contributed by atoms with E-state index >= 15 is 0 Å². The molecular weight excluding hydrogens is 148 g/mol. The third-order valence-corrected chi connectivity index (χ3v) is 1.77. The van der Waals surface area contributed by atoms with Gasteiger partial charge in [0, 0.05) is 17.0 Å². The van der Waals surface area contributed by atoms with Crippen molar-refractivity contribution in [3.8, 4) is 5.06 Å². The molecule has 3 heteroatoms. The van der Waals surface area contributed by atoms with Gasteiger partial charge in [-0.3, -0.25) is 4.79 Å². The summed E-state index contributed by atoms with van der Waals surface area (Å²) in [5, 5.41) is 2.42. The topological polar surface area (TPSA) is 26.3 Å². The van der Waals surface area contributed by atoms with Crippen LogP contribution in [0.4, 0.5) is 0 Å². The molecule has 1 aromatic rings. The van der Waals surface area contributed by atoms with Crippen LogP contribution in [0.3, 0.4) is 0 Å². The Morgan fingerprint density at radius 3 is 3.00 bits per heavy atom. The third-order valence-electron chi connectivity index (χ3n) is 0.931. The van der Waals surface area contributed by atoms with Crippen molar-refractivity contribution in [2.75, 3.05) is 0 Å². The van der Waals surface area contributed by atoms with Crippen molar-refractivity contribution < 1.29 is 9.53 Å². The van der Waals surface area contributed by atoms with E-state index in [2.05, 4.69) is 6.58 Å². The summed E-state index contributed by atoms with van der Waals surface area (Å²) in [6, 6.07) is 1.67. The highest BCUT2D eigenvalue weighted by atomic mass is 32.1. The molecule has 0 atom stereocenters. The summed E-state index contributed by atoms with van der Waals surface area (Å²) in [5.41, 5.74) is 0.641. The van der Waals surface area contributed by atoms with Crippen molar-refractivity contribution >= 4 is 17.6 Å². The molecule has 0 N–H and O–H groups in total. The van der Waals surface area contributed by atoms with E-state index in [-0.39, 0.29) is 0 Å². The van der Waals surface area contributed by atoms with Gasteiger partial charge in [-0.05, 0) is 0 Å². The Morgan fingerprint density at radius 1 is 1.70 bits per heavy atom. The second kappa shape index (κ2) is 3.17. The van der Waals surface area contributed by atoms with E-state index in [1.54, 1.807) is 11.4 Å². The van der Waals surface area contributed by atoms with Crippen LogP contribution in [0.1, 0.15) is 10.4 Å². The molecule has 0 aliphatic heterocycles. The SMILES string of the molecule is C=COc1cc(C=O)cs1. The average molecular weight is 154 g/mol. The van der Waals surface area contributed by atoms with Crippen LogP contribution in [0.25, 0.3) is 0 Å². The maximum Gasteiger partial charge on any atom is 0.180 e. The summed E-state index contributed by atoms with van der Waals surface area (Å²) >= 11 is 1.37. The van der Waals surface area contributed by atoms with Crippen molar-refractivity contribution in [2.45, 2.75) is 0 Å². The minimum absolute atomic E-state index is 0.641. The van der Waals surface area contributed by atoms with Gasteiger partial charge in [-0.1, -0.05) is 6.58 Å². The summed E-state index contributed by atoms with van der Waals surface area (Å²) in [6.07, 6.45) is 2.12. The first-order valence-electron chi connectivity index (χ1n) is 2.68. The summed E-state index contributed by atoms with van der Waals surface area (Å²) < 4.78 is 4.91. The lowest BCUT2D eigenvalue weighted by molar-refractivity contribution is 0.112. The van der Waals surface area contributed by atoms with E-state index < -0.39 is 0 Å². The largest absolute Gasteiger partial charge is 0.455 e. The minimum atomic E-state index is 0.641. The smallest absolute Gasteiger partial charge is 0.180 e. The number of carbonyl (C=O) groups excluding carboxylic acids is 1. The molecule has 0 spiro atoms. The van der Waals surface area contributed by atoms with Crippen LogP contribution in [0.15, 0.2) is 24.3 Å². The summed E-state index contributed by atoms with van der Waals surface area (Å²) in [6.45, 7) is 3.39. The van der Waals surface area contributed by atoms with Gasteiger partial charge in [0.15, 0.2) is 11.3 Å². The predicted octanol–water partition coefficient (Wildman–Crippen LogP) is 2.08. The fraction of sp³-hybridized carbons (Fsp3) is 0. The minimum Gasteiger partial charge on any atom is -0.455 e. The maximum atomic E-state index is 10.1. The molecule has 0 amide bonds. The maximum absolute atomic E-state index is 10.1. The lowest BCUT2D eigenvalue weighted by Crippen LogP contribution is -1.73. The lowest BCUT2D eigenvalue weighted by atomic mass is 10.4. The van der Waals surface area contributed by atoms with E-state index in [0.717, 1.165) is 6.29 Å². The Morgan fingerprint density at radius 2 is 2.50 bits per heavy atom. The molecule has 0 aliphatic carbocycles. The van der Waals surface area contributed by atoms with Crippen LogP contribution in [-0.4, -0.2) is 6.29 Å². The number of thiophene rings is 1. The first-order chi connectivity index (χ1) is 4.86. The Labute approximate surface area is 62.8 Å². The van der Waals surface area contributed by atoms with E-state index in [1.807, 2.05) is 0 Å². The molecule has 10 heavy (non-hydrogen) atoms. The number of rotatable bonds is 3. The van der Waals surface area contributed by atoms with Crippen molar-refractivity contribution in [3.63, 3.8) is 0 Å². The van der Waals surface area contributed by atoms with Gasteiger partial charge >= 0.3 is 0 Å². The fourth-order valence-corrected chi connectivity index (χ4v) is 1.24. The summed E-state index contributed by atoms with van der Waals surface area (Å²) in [7, 11) is 0. The van der Waals surface area contributed by atoms with Crippen molar-refractivity contribution in [3.05, 3.63) is 29.9 Å². The van der Waals surface area contributed by atoms with Crippen LogP contribution in [0.5, 0.6) is 5.06 Å². The van der Waals surface area contributed by atoms with E-state index in [9.17, 15) is 4.79 Å². The summed E-state index contributed by atoms with van der Waals surface area (Å²) in [5.74, 6) is 0. The zero-order valence-corrected chi connectivity index (χ0v) is 6.06. The van der Waals surface area contributed by atoms with Gasteiger partial charge in [-0.15, -0.1) is 11.3 Å². The fourth-order valence-electron chi connectivity index (χ4n) is 0.536. The first kappa shape index (κ1) is 7.02. The van der Waals surface area contributed by atoms with Gasteiger partial charge in [0.2, 0.25) is 0 Å². The number of hydrogen-bond donors (Lipinski definition) is 0. The molecule has 1 heterocycles. The Balaban J connectivity index is 2.77. The van der Waals surface area contributed by atoms with Gasteiger partial charge in [-0.25, -0.2) is 0 Å². The molecule has 1 aromatic heterocycles. The predicted molar refractivity (Wildman–Crippen MR) is 40.5 cm³/mol. The second-order valence-electron chi connectivity index (χ2n) is 1.60. The van der Waals surface area contributed by atoms with Gasteiger partial charge in [0.1, 0.15) is 0 Å². The highest BCUT2D eigenvalue weighted by Gasteiger charge is 1.96. The standard InChI is InChI=1S/C7H6O2S/c1-2-9-7-3-6(4-8)5-10-7/h2-5H,1H2. The zero-order chi connectivity index (χ0) is 7.40. The van der Waals surface area contributed by atoms with Gasteiger partial charge in [0.25, 0.3) is 0 Å². The van der Waals surface area contributed by atoms with E-state index in [0.29, 0.717) is 10.6 Å². The number of carbonyl (C=O) groups is 1. The van der Waals surface area contributed by atoms with Crippen LogP contribution in [0, 0.1) is 0 Å². The highest BCUT2D eigenvalue weighted by Crippen LogP contribution is 2.21. The normalized spacial score (nSPS) is 8.80. The zero-order valence-electron chi connectivity index (χ0n) is 5.24. The Hall–Kier alpha value is -1.09. The van der Waals surface area contributed by atoms with E-state index in [4.69, 9.17) is 4.74 Å². The second-order valence-corrected chi connectivity index (χ2v) is 2.48. The number of hydrogen-bond acceptors (Lipinski definition) is 3. The van der Waals surface area contributed by atoms with Gasteiger partial charge in [0.05, 0.1) is 6.26 Å². The molecule has 2 nitrogen and oxygen atoms in total. The van der Waals surface area contributed by atoms with Crippen LogP contribution < -0.4 is 4.74 Å². The molecular formula is C7H6O2S. The molecule has 0 unspecified atom stereocenters. The van der Waals surface area contributed by atoms with Crippen LogP contribution in [0.2, 0.25) is 0 Å². The number of ether oxygens (including phenoxy) is 1.